The minimum absolute atomic E-state index is 0.0606. The Morgan fingerprint density at radius 2 is 1.59 bits per heavy atom. The second kappa shape index (κ2) is 7.33. The Labute approximate surface area is 159 Å². The lowest BCUT2D eigenvalue weighted by atomic mass is 9.82. The van der Waals surface area contributed by atoms with E-state index in [0.717, 1.165) is 23.1 Å². The molecular weight excluding hydrogens is 334 g/mol. The van der Waals surface area contributed by atoms with Crippen LogP contribution in [0.15, 0.2) is 85.2 Å². The maximum atomic E-state index is 13.7. The van der Waals surface area contributed by atoms with Crippen molar-refractivity contribution in [3.05, 3.63) is 102 Å². The topological polar surface area (TPSA) is 45.2 Å². The zero-order valence-corrected chi connectivity index (χ0v) is 15.4. The van der Waals surface area contributed by atoms with Gasteiger partial charge in [0.2, 0.25) is 0 Å². The summed E-state index contributed by atoms with van der Waals surface area (Å²) in [4.78, 5) is 19.8. The van der Waals surface area contributed by atoms with Crippen molar-refractivity contribution in [1.29, 1.82) is 0 Å². The maximum Gasteiger partial charge on any atom is 0.253 e. The van der Waals surface area contributed by atoms with Crippen molar-refractivity contribution < 1.29 is 4.79 Å². The van der Waals surface area contributed by atoms with Crippen LogP contribution < -0.4 is 5.32 Å². The number of rotatable bonds is 5. The third kappa shape index (κ3) is 3.13. The van der Waals surface area contributed by atoms with Crippen LogP contribution in [0.1, 0.15) is 23.6 Å². The van der Waals surface area contributed by atoms with Crippen molar-refractivity contribution in [2.45, 2.75) is 25.0 Å². The number of nitrogens with zero attached hydrogens (tertiary/aromatic N) is 2. The summed E-state index contributed by atoms with van der Waals surface area (Å²) in [5, 5.41) is 3.60. The van der Waals surface area contributed by atoms with Gasteiger partial charge in [0.15, 0.2) is 5.54 Å². The van der Waals surface area contributed by atoms with Gasteiger partial charge in [0.25, 0.3) is 5.91 Å². The van der Waals surface area contributed by atoms with Crippen molar-refractivity contribution in [3.63, 3.8) is 0 Å². The monoisotopic (exact) mass is 357 g/mol. The lowest BCUT2D eigenvalue weighted by molar-refractivity contribution is -0.132. The standard InChI is InChI=1S/C23H23N3O/c1-18-25-23(20-10-4-2-5-11-20,21-12-6-3-7-13-21)22(27)26(18)16-14-19-9-8-15-24-17-19/h2-13,15,17-18,25H,14,16H2,1H3. The molecule has 2 heterocycles. The van der Waals surface area contributed by atoms with Gasteiger partial charge in [0, 0.05) is 18.9 Å². The van der Waals surface area contributed by atoms with E-state index in [4.69, 9.17) is 0 Å². The Kier molecular flexibility index (Phi) is 4.73. The van der Waals surface area contributed by atoms with Crippen LogP contribution in [0.5, 0.6) is 0 Å². The average molecular weight is 357 g/mol. The highest BCUT2D eigenvalue weighted by Crippen LogP contribution is 2.37. The minimum Gasteiger partial charge on any atom is -0.325 e. The molecule has 0 radical (unpaired) electrons. The summed E-state index contributed by atoms with van der Waals surface area (Å²) in [5.74, 6) is 0.0938. The zero-order valence-electron chi connectivity index (χ0n) is 15.4. The first-order chi connectivity index (χ1) is 13.2. The van der Waals surface area contributed by atoms with Gasteiger partial charge < -0.3 is 4.90 Å². The number of carbonyl (C=O) groups excluding carboxylic acids is 1. The molecule has 0 aliphatic carbocycles. The smallest absolute Gasteiger partial charge is 0.253 e. The summed E-state index contributed by atoms with van der Waals surface area (Å²) in [6.45, 7) is 2.70. The molecule has 0 bridgehead atoms. The lowest BCUT2D eigenvalue weighted by Gasteiger charge is -2.29. The molecule has 1 atom stereocenters. The number of benzene rings is 2. The molecule has 136 valence electrons. The van der Waals surface area contributed by atoms with E-state index in [2.05, 4.69) is 17.2 Å². The summed E-state index contributed by atoms with van der Waals surface area (Å²) in [6.07, 6.45) is 4.35. The molecule has 1 unspecified atom stereocenters. The van der Waals surface area contributed by atoms with E-state index in [-0.39, 0.29) is 12.1 Å². The number of pyridine rings is 1. The predicted octanol–water partition coefficient (Wildman–Crippen LogP) is 3.35. The Hall–Kier alpha value is -2.98. The molecule has 3 aromatic rings. The van der Waals surface area contributed by atoms with E-state index in [1.807, 2.05) is 83.9 Å². The van der Waals surface area contributed by atoms with Crippen LogP contribution in [0.2, 0.25) is 0 Å². The molecule has 1 aromatic heterocycles. The lowest BCUT2D eigenvalue weighted by Crippen LogP contribution is -2.45. The van der Waals surface area contributed by atoms with Gasteiger partial charge in [-0.3, -0.25) is 15.1 Å². The fourth-order valence-electron chi connectivity index (χ4n) is 3.89. The highest BCUT2D eigenvalue weighted by atomic mass is 16.2. The molecule has 0 saturated carbocycles. The van der Waals surface area contributed by atoms with E-state index >= 15 is 0 Å². The zero-order chi connectivity index (χ0) is 18.7. The second-order valence-electron chi connectivity index (χ2n) is 6.91. The summed E-state index contributed by atoms with van der Waals surface area (Å²) < 4.78 is 0. The summed E-state index contributed by atoms with van der Waals surface area (Å²) in [5.41, 5.74) is 2.22. The fraction of sp³-hybridized carbons (Fsp3) is 0.217. The number of carbonyl (C=O) groups is 1. The molecular formula is C23H23N3O. The van der Waals surface area contributed by atoms with Crippen LogP contribution in [0.25, 0.3) is 0 Å². The van der Waals surface area contributed by atoms with E-state index < -0.39 is 5.54 Å². The minimum atomic E-state index is -0.850. The Balaban J connectivity index is 1.69. The number of hydrogen-bond acceptors (Lipinski definition) is 3. The molecule has 1 fully saturated rings. The van der Waals surface area contributed by atoms with E-state index in [1.165, 1.54) is 0 Å². The molecule has 27 heavy (non-hydrogen) atoms. The second-order valence-corrected chi connectivity index (χ2v) is 6.91. The van der Waals surface area contributed by atoms with Crippen LogP contribution in [0.4, 0.5) is 0 Å². The average Bonchev–Trinajstić information content (AvgIpc) is 2.99. The Morgan fingerprint density at radius 1 is 0.963 bits per heavy atom. The molecule has 4 heteroatoms. The highest BCUT2D eigenvalue weighted by Gasteiger charge is 2.51. The summed E-state index contributed by atoms with van der Waals surface area (Å²) in [6, 6.07) is 24.0. The van der Waals surface area contributed by atoms with Gasteiger partial charge in [-0.2, -0.15) is 0 Å². The third-order valence-electron chi connectivity index (χ3n) is 5.25. The highest BCUT2D eigenvalue weighted by molar-refractivity contribution is 5.93. The normalized spacial score (nSPS) is 18.6. The SMILES string of the molecule is CC1NC(c2ccccc2)(c2ccccc2)C(=O)N1CCc1cccnc1. The van der Waals surface area contributed by atoms with E-state index in [9.17, 15) is 4.79 Å². The van der Waals surface area contributed by atoms with Gasteiger partial charge in [-0.15, -0.1) is 0 Å². The largest absolute Gasteiger partial charge is 0.325 e. The number of amides is 1. The molecule has 1 N–H and O–H groups in total. The van der Waals surface area contributed by atoms with Gasteiger partial charge in [0.05, 0.1) is 6.17 Å². The van der Waals surface area contributed by atoms with Crippen LogP contribution in [-0.4, -0.2) is 28.5 Å². The van der Waals surface area contributed by atoms with Crippen molar-refractivity contribution in [2.75, 3.05) is 6.54 Å². The van der Waals surface area contributed by atoms with Crippen LogP contribution in [0, 0.1) is 0 Å². The Morgan fingerprint density at radius 3 is 2.15 bits per heavy atom. The maximum absolute atomic E-state index is 13.7. The number of aromatic nitrogens is 1. The molecule has 1 aliphatic rings. The van der Waals surface area contributed by atoms with Gasteiger partial charge in [0.1, 0.15) is 0 Å². The molecule has 1 amide bonds. The van der Waals surface area contributed by atoms with E-state index in [1.54, 1.807) is 6.20 Å². The van der Waals surface area contributed by atoms with Crippen molar-refractivity contribution in [1.82, 2.24) is 15.2 Å². The summed E-state index contributed by atoms with van der Waals surface area (Å²) in [7, 11) is 0. The number of hydrogen-bond donors (Lipinski definition) is 1. The van der Waals surface area contributed by atoms with Gasteiger partial charge in [-0.05, 0) is 36.1 Å². The molecule has 1 saturated heterocycles. The molecule has 4 rings (SSSR count). The summed E-state index contributed by atoms with van der Waals surface area (Å²) >= 11 is 0. The third-order valence-corrected chi connectivity index (χ3v) is 5.25. The van der Waals surface area contributed by atoms with Crippen LogP contribution in [-0.2, 0) is 16.8 Å². The van der Waals surface area contributed by atoms with Crippen LogP contribution in [0.3, 0.4) is 0 Å². The van der Waals surface area contributed by atoms with Gasteiger partial charge in [-0.1, -0.05) is 66.7 Å². The molecule has 2 aromatic carbocycles. The predicted molar refractivity (Wildman–Crippen MR) is 106 cm³/mol. The Bertz CT molecular complexity index is 857. The number of nitrogens with one attached hydrogen (secondary N) is 1. The first-order valence-corrected chi connectivity index (χ1v) is 9.30. The van der Waals surface area contributed by atoms with Gasteiger partial charge >= 0.3 is 0 Å². The molecule has 4 nitrogen and oxygen atoms in total. The first kappa shape index (κ1) is 17.4. The quantitative estimate of drug-likeness (QED) is 0.762. The first-order valence-electron chi connectivity index (χ1n) is 9.30. The van der Waals surface area contributed by atoms with E-state index in [0.29, 0.717) is 6.54 Å². The van der Waals surface area contributed by atoms with Crippen LogP contribution >= 0.6 is 0 Å². The van der Waals surface area contributed by atoms with Crippen molar-refractivity contribution >= 4 is 5.91 Å². The fourth-order valence-corrected chi connectivity index (χ4v) is 3.89. The molecule has 1 aliphatic heterocycles. The van der Waals surface area contributed by atoms with Gasteiger partial charge in [-0.25, -0.2) is 0 Å². The van der Waals surface area contributed by atoms with Crippen molar-refractivity contribution in [3.8, 4) is 0 Å². The van der Waals surface area contributed by atoms with Crippen molar-refractivity contribution in [2.24, 2.45) is 0 Å². The molecule has 0 spiro atoms.